The van der Waals surface area contributed by atoms with E-state index in [9.17, 15) is 18.0 Å². The van der Waals surface area contributed by atoms with Crippen molar-refractivity contribution in [2.45, 2.75) is 32.6 Å². The highest BCUT2D eigenvalue weighted by molar-refractivity contribution is 7.91. The summed E-state index contributed by atoms with van der Waals surface area (Å²) in [4.78, 5) is 24.3. The van der Waals surface area contributed by atoms with Gasteiger partial charge in [-0.2, -0.15) is 8.42 Å². The summed E-state index contributed by atoms with van der Waals surface area (Å²) in [6.45, 7) is 1.87. The SMILES string of the molecule is CCOC(=O)c1c(NS(=O)(=O)NC(=O)OC)sc2c1CCCC2. The lowest BCUT2D eigenvalue weighted by molar-refractivity contribution is 0.0526. The van der Waals surface area contributed by atoms with E-state index in [0.29, 0.717) is 6.42 Å². The molecule has 1 aliphatic carbocycles. The van der Waals surface area contributed by atoms with Crippen LogP contribution in [0, 0.1) is 0 Å². The number of rotatable bonds is 5. The van der Waals surface area contributed by atoms with Crippen LogP contribution in [0.1, 0.15) is 40.6 Å². The lowest BCUT2D eigenvalue weighted by Crippen LogP contribution is -2.35. The minimum absolute atomic E-state index is 0.159. The third-order valence-electron chi connectivity index (χ3n) is 3.28. The number of ether oxygens (including phenoxy) is 2. The van der Waals surface area contributed by atoms with Gasteiger partial charge in [-0.15, -0.1) is 11.3 Å². The second-order valence-electron chi connectivity index (χ2n) is 4.83. The summed E-state index contributed by atoms with van der Waals surface area (Å²) in [5.74, 6) is -0.567. The molecule has 128 valence electrons. The van der Waals surface area contributed by atoms with E-state index in [0.717, 1.165) is 36.8 Å². The molecule has 8 nitrogen and oxygen atoms in total. The molecule has 1 amide bonds. The van der Waals surface area contributed by atoms with Crippen LogP contribution in [0.5, 0.6) is 0 Å². The Morgan fingerprint density at radius 2 is 1.96 bits per heavy atom. The second kappa shape index (κ2) is 7.18. The maximum atomic E-state index is 12.2. The number of thiophene rings is 1. The maximum absolute atomic E-state index is 12.2. The highest BCUT2D eigenvalue weighted by Gasteiger charge is 2.28. The summed E-state index contributed by atoms with van der Waals surface area (Å²) in [6.07, 6.45) is 2.30. The fourth-order valence-corrected chi connectivity index (χ4v) is 4.68. The Morgan fingerprint density at radius 3 is 2.61 bits per heavy atom. The van der Waals surface area contributed by atoms with Crippen molar-refractivity contribution in [3.8, 4) is 0 Å². The van der Waals surface area contributed by atoms with Crippen molar-refractivity contribution >= 4 is 38.6 Å². The Morgan fingerprint density at radius 1 is 1.26 bits per heavy atom. The summed E-state index contributed by atoms with van der Waals surface area (Å²) < 4.78 is 37.1. The van der Waals surface area contributed by atoms with E-state index in [1.165, 1.54) is 11.3 Å². The van der Waals surface area contributed by atoms with Crippen molar-refractivity contribution in [2.24, 2.45) is 0 Å². The molecule has 10 heteroatoms. The van der Waals surface area contributed by atoms with Crippen LogP contribution in [0.4, 0.5) is 9.80 Å². The van der Waals surface area contributed by atoms with E-state index in [4.69, 9.17) is 4.74 Å². The zero-order chi connectivity index (χ0) is 17.0. The Bertz CT molecular complexity index is 710. The smallest absolute Gasteiger partial charge is 0.422 e. The summed E-state index contributed by atoms with van der Waals surface area (Å²) in [6, 6.07) is 0. The molecule has 0 aliphatic heterocycles. The van der Waals surface area contributed by atoms with Crippen LogP contribution in [-0.4, -0.2) is 34.2 Å². The third kappa shape index (κ3) is 4.14. The topological polar surface area (TPSA) is 111 Å². The van der Waals surface area contributed by atoms with Gasteiger partial charge < -0.3 is 9.47 Å². The first-order valence-corrected chi connectivity index (χ1v) is 9.38. The van der Waals surface area contributed by atoms with Gasteiger partial charge in [0.05, 0.1) is 19.3 Å². The van der Waals surface area contributed by atoms with E-state index < -0.39 is 22.3 Å². The predicted octanol–water partition coefficient (Wildman–Crippen LogP) is 1.82. The molecule has 1 heterocycles. The van der Waals surface area contributed by atoms with Crippen LogP contribution in [0.3, 0.4) is 0 Å². The number of esters is 1. The molecule has 0 fully saturated rings. The van der Waals surface area contributed by atoms with Crippen molar-refractivity contribution in [1.82, 2.24) is 4.72 Å². The molecule has 0 spiro atoms. The molecule has 23 heavy (non-hydrogen) atoms. The van der Waals surface area contributed by atoms with Crippen molar-refractivity contribution in [3.05, 3.63) is 16.0 Å². The summed E-state index contributed by atoms with van der Waals surface area (Å²) in [7, 11) is -3.13. The van der Waals surface area contributed by atoms with E-state index in [-0.39, 0.29) is 17.2 Å². The van der Waals surface area contributed by atoms with E-state index >= 15 is 0 Å². The molecule has 0 bridgehead atoms. The minimum atomic E-state index is -4.19. The number of hydrogen-bond acceptors (Lipinski definition) is 7. The van der Waals surface area contributed by atoms with Gasteiger partial charge >= 0.3 is 22.3 Å². The zero-order valence-corrected chi connectivity index (χ0v) is 14.4. The lowest BCUT2D eigenvalue weighted by Gasteiger charge is -2.12. The van der Waals surface area contributed by atoms with Crippen LogP contribution < -0.4 is 9.44 Å². The molecule has 0 aromatic carbocycles. The number of carbonyl (C=O) groups is 2. The number of carbonyl (C=O) groups excluding carboxylic acids is 2. The van der Waals surface area contributed by atoms with Crippen LogP contribution in [0.2, 0.25) is 0 Å². The second-order valence-corrected chi connectivity index (χ2v) is 7.35. The first kappa shape index (κ1) is 17.5. The third-order valence-corrected chi connectivity index (χ3v) is 5.53. The fraction of sp³-hybridized carbons (Fsp3) is 0.538. The van der Waals surface area contributed by atoms with Crippen LogP contribution in [0.25, 0.3) is 0 Å². The molecule has 0 saturated carbocycles. The van der Waals surface area contributed by atoms with Crippen molar-refractivity contribution in [2.75, 3.05) is 18.4 Å². The maximum Gasteiger partial charge on any atom is 0.422 e. The van der Waals surface area contributed by atoms with E-state index in [1.807, 2.05) is 0 Å². The van der Waals surface area contributed by atoms with Gasteiger partial charge in [0.2, 0.25) is 0 Å². The van der Waals surface area contributed by atoms with Gasteiger partial charge in [-0.1, -0.05) is 0 Å². The predicted molar refractivity (Wildman–Crippen MR) is 85.0 cm³/mol. The molecule has 0 radical (unpaired) electrons. The van der Waals surface area contributed by atoms with Gasteiger partial charge in [0.25, 0.3) is 0 Å². The van der Waals surface area contributed by atoms with Crippen molar-refractivity contribution in [3.63, 3.8) is 0 Å². The molecule has 1 aromatic rings. The van der Waals surface area contributed by atoms with Gasteiger partial charge in [0, 0.05) is 4.88 Å². The number of aryl methyl sites for hydroxylation is 1. The molecule has 0 atom stereocenters. The van der Waals surface area contributed by atoms with Crippen molar-refractivity contribution in [1.29, 1.82) is 0 Å². The number of hydrogen-bond donors (Lipinski definition) is 2. The van der Waals surface area contributed by atoms with Crippen LogP contribution >= 0.6 is 11.3 Å². The normalized spacial score (nSPS) is 13.8. The van der Waals surface area contributed by atoms with Gasteiger partial charge in [-0.3, -0.25) is 4.72 Å². The van der Waals surface area contributed by atoms with E-state index in [1.54, 1.807) is 11.6 Å². The molecule has 0 saturated heterocycles. The number of anilines is 1. The van der Waals surface area contributed by atoms with Gasteiger partial charge in [0.1, 0.15) is 5.00 Å². The summed E-state index contributed by atoms with van der Waals surface area (Å²) in [5, 5.41) is 0.159. The minimum Gasteiger partial charge on any atom is -0.462 e. The van der Waals surface area contributed by atoms with Gasteiger partial charge in [0.15, 0.2) is 0 Å². The Balaban J connectivity index is 2.36. The molecule has 1 aliphatic rings. The first-order valence-electron chi connectivity index (χ1n) is 7.08. The van der Waals surface area contributed by atoms with Crippen LogP contribution in [0.15, 0.2) is 0 Å². The fourth-order valence-electron chi connectivity index (χ4n) is 2.36. The summed E-state index contributed by atoms with van der Waals surface area (Å²) in [5.41, 5.74) is 1.07. The van der Waals surface area contributed by atoms with Crippen molar-refractivity contribution < 1.29 is 27.5 Å². The molecule has 1 aromatic heterocycles. The average molecular weight is 362 g/mol. The Kier molecular flexibility index (Phi) is 5.47. The largest absolute Gasteiger partial charge is 0.462 e. The number of methoxy groups -OCH3 is 1. The Hall–Kier alpha value is -1.81. The highest BCUT2D eigenvalue weighted by Crippen LogP contribution is 2.38. The molecule has 2 rings (SSSR count). The number of fused-ring (bicyclic) bond motifs is 1. The highest BCUT2D eigenvalue weighted by atomic mass is 32.2. The molecular weight excluding hydrogens is 344 g/mol. The van der Waals surface area contributed by atoms with Crippen LogP contribution in [-0.2, 0) is 32.5 Å². The lowest BCUT2D eigenvalue weighted by atomic mass is 9.95. The van der Waals surface area contributed by atoms with Gasteiger partial charge in [-0.05, 0) is 38.2 Å². The monoisotopic (exact) mass is 362 g/mol. The average Bonchev–Trinajstić information content (AvgIpc) is 2.83. The number of amides is 1. The molecule has 2 N–H and O–H groups in total. The zero-order valence-electron chi connectivity index (χ0n) is 12.8. The molecule has 0 unspecified atom stereocenters. The molecular formula is C13H18N2O6S2. The summed E-state index contributed by atoms with van der Waals surface area (Å²) >= 11 is 1.19. The standard InChI is InChI=1S/C13H18N2O6S2/c1-3-21-12(16)10-8-6-4-5-7-9(8)22-11(10)14-23(18,19)15-13(17)20-2/h14H,3-7H2,1-2H3,(H,15,17). The van der Waals surface area contributed by atoms with E-state index in [2.05, 4.69) is 9.46 Å². The number of nitrogens with one attached hydrogen (secondary N) is 2. The van der Waals surface area contributed by atoms with Gasteiger partial charge in [-0.25, -0.2) is 14.3 Å². The quantitative estimate of drug-likeness (QED) is 0.773. The first-order chi connectivity index (χ1) is 10.9. The Labute approximate surface area is 138 Å².